The second-order valence-corrected chi connectivity index (χ2v) is 6.16. The number of methoxy groups -OCH3 is 3. The van der Waals surface area contributed by atoms with E-state index in [1.54, 1.807) is 18.2 Å². The third-order valence-electron chi connectivity index (χ3n) is 3.59. The normalized spacial score (nSPS) is 10.2. The molecule has 1 heterocycles. The summed E-state index contributed by atoms with van der Waals surface area (Å²) in [6.07, 6.45) is 0.350. The van der Waals surface area contributed by atoms with Crippen molar-refractivity contribution in [3.63, 3.8) is 0 Å². The van der Waals surface area contributed by atoms with Crippen LogP contribution in [-0.4, -0.2) is 33.0 Å². The van der Waals surface area contributed by atoms with Crippen molar-refractivity contribution in [3.8, 4) is 17.2 Å². The molecule has 0 atom stereocenters. The van der Waals surface area contributed by atoms with Crippen LogP contribution in [0.5, 0.6) is 17.2 Å². The fraction of sp³-hybridized carbons (Fsp3) is 0.333. The SMILES string of the molecule is COc1cc(CNC(=O)CCC(=O)c2cccs2)cc(OC)c1OC. The van der Waals surface area contributed by atoms with E-state index >= 15 is 0 Å². The Kier molecular flexibility index (Phi) is 6.82. The number of hydrogen-bond donors (Lipinski definition) is 1. The second-order valence-electron chi connectivity index (χ2n) is 5.21. The van der Waals surface area contributed by atoms with Crippen molar-refractivity contribution in [2.75, 3.05) is 21.3 Å². The van der Waals surface area contributed by atoms with E-state index in [-0.39, 0.29) is 24.5 Å². The average molecular weight is 363 g/mol. The molecule has 1 amide bonds. The van der Waals surface area contributed by atoms with E-state index < -0.39 is 0 Å². The Balaban J connectivity index is 1.92. The number of benzene rings is 1. The zero-order valence-electron chi connectivity index (χ0n) is 14.5. The van der Waals surface area contributed by atoms with Crippen LogP contribution in [0, 0.1) is 0 Å². The lowest BCUT2D eigenvalue weighted by Crippen LogP contribution is -2.23. The maximum Gasteiger partial charge on any atom is 0.220 e. The number of Topliss-reactive ketones (excluding diaryl/α,β-unsaturated/α-hetero) is 1. The molecular weight excluding hydrogens is 342 g/mol. The third kappa shape index (κ3) is 4.96. The maximum atomic E-state index is 12.0. The van der Waals surface area contributed by atoms with Crippen molar-refractivity contribution in [1.82, 2.24) is 5.32 Å². The lowest BCUT2D eigenvalue weighted by atomic mass is 10.1. The van der Waals surface area contributed by atoms with Crippen LogP contribution in [0.4, 0.5) is 0 Å². The molecule has 0 saturated heterocycles. The van der Waals surface area contributed by atoms with E-state index in [9.17, 15) is 9.59 Å². The van der Waals surface area contributed by atoms with Gasteiger partial charge in [-0.05, 0) is 29.1 Å². The number of ketones is 1. The molecule has 0 spiro atoms. The van der Waals surface area contributed by atoms with Gasteiger partial charge in [0.2, 0.25) is 11.7 Å². The molecule has 0 saturated carbocycles. The monoisotopic (exact) mass is 363 g/mol. The van der Waals surface area contributed by atoms with Gasteiger partial charge < -0.3 is 19.5 Å². The smallest absolute Gasteiger partial charge is 0.220 e. The van der Waals surface area contributed by atoms with Crippen LogP contribution < -0.4 is 19.5 Å². The van der Waals surface area contributed by atoms with E-state index in [0.717, 1.165) is 5.56 Å². The van der Waals surface area contributed by atoms with E-state index in [1.165, 1.54) is 32.7 Å². The molecule has 0 aliphatic heterocycles. The number of hydrogen-bond acceptors (Lipinski definition) is 6. The first kappa shape index (κ1) is 18.8. The van der Waals surface area contributed by atoms with Crippen LogP contribution >= 0.6 is 11.3 Å². The molecule has 0 unspecified atom stereocenters. The summed E-state index contributed by atoms with van der Waals surface area (Å²) in [5, 5.41) is 4.65. The predicted molar refractivity (Wildman–Crippen MR) is 95.8 cm³/mol. The summed E-state index contributed by atoms with van der Waals surface area (Å²) in [7, 11) is 4.61. The van der Waals surface area contributed by atoms with Gasteiger partial charge in [0.25, 0.3) is 0 Å². The number of nitrogens with one attached hydrogen (secondary N) is 1. The summed E-state index contributed by atoms with van der Waals surface area (Å²) < 4.78 is 15.8. The van der Waals surface area contributed by atoms with Gasteiger partial charge in [0.05, 0.1) is 26.2 Å². The third-order valence-corrected chi connectivity index (χ3v) is 4.50. The van der Waals surface area contributed by atoms with Crippen molar-refractivity contribution in [1.29, 1.82) is 0 Å². The van der Waals surface area contributed by atoms with E-state index in [1.807, 2.05) is 11.4 Å². The molecule has 6 nitrogen and oxygen atoms in total. The standard InChI is InChI=1S/C18H21NO5S/c1-22-14-9-12(10-15(23-2)18(14)24-3)11-19-17(21)7-6-13(20)16-5-4-8-25-16/h4-5,8-10H,6-7,11H2,1-3H3,(H,19,21). The highest BCUT2D eigenvalue weighted by molar-refractivity contribution is 7.12. The first-order valence-corrected chi connectivity index (χ1v) is 8.59. The van der Waals surface area contributed by atoms with E-state index in [2.05, 4.69) is 5.32 Å². The summed E-state index contributed by atoms with van der Waals surface area (Å²) >= 11 is 1.38. The van der Waals surface area contributed by atoms with Gasteiger partial charge in [0.15, 0.2) is 17.3 Å². The summed E-state index contributed by atoms with van der Waals surface area (Å²) in [4.78, 5) is 24.6. The highest BCUT2D eigenvalue weighted by Crippen LogP contribution is 2.38. The van der Waals surface area contributed by atoms with Crippen molar-refractivity contribution in [2.45, 2.75) is 19.4 Å². The Labute approximate surface area is 150 Å². The van der Waals surface area contributed by atoms with Crippen molar-refractivity contribution in [2.24, 2.45) is 0 Å². The molecule has 1 aromatic carbocycles. The Morgan fingerprint density at radius 3 is 2.24 bits per heavy atom. The molecule has 7 heteroatoms. The molecule has 0 fully saturated rings. The van der Waals surface area contributed by atoms with Gasteiger partial charge in [-0.3, -0.25) is 9.59 Å². The molecule has 0 aliphatic carbocycles. The van der Waals surface area contributed by atoms with Gasteiger partial charge in [-0.1, -0.05) is 6.07 Å². The fourth-order valence-electron chi connectivity index (χ4n) is 2.31. The van der Waals surface area contributed by atoms with Gasteiger partial charge >= 0.3 is 0 Å². The minimum atomic E-state index is -0.182. The average Bonchev–Trinajstić information content (AvgIpc) is 3.18. The molecule has 1 aromatic heterocycles. The number of carbonyl (C=O) groups is 2. The Morgan fingerprint density at radius 1 is 1.04 bits per heavy atom. The topological polar surface area (TPSA) is 73.9 Å². The van der Waals surface area contributed by atoms with Gasteiger partial charge in [-0.2, -0.15) is 0 Å². The molecule has 1 N–H and O–H groups in total. The lowest BCUT2D eigenvalue weighted by molar-refractivity contribution is -0.121. The number of rotatable bonds is 9. The molecule has 0 radical (unpaired) electrons. The number of ether oxygens (including phenoxy) is 3. The minimum absolute atomic E-state index is 0.0158. The summed E-state index contributed by atoms with van der Waals surface area (Å²) in [5.74, 6) is 1.36. The van der Waals surface area contributed by atoms with Crippen LogP contribution in [0.1, 0.15) is 28.1 Å². The minimum Gasteiger partial charge on any atom is -0.493 e. The number of thiophene rings is 1. The quantitative estimate of drug-likeness (QED) is 0.693. The summed E-state index contributed by atoms with van der Waals surface area (Å²) in [5.41, 5.74) is 0.812. The zero-order chi connectivity index (χ0) is 18.2. The van der Waals surface area contributed by atoms with Crippen LogP contribution in [-0.2, 0) is 11.3 Å². The molecular formula is C18H21NO5S. The molecule has 0 aliphatic rings. The van der Waals surface area contributed by atoms with Gasteiger partial charge in [-0.25, -0.2) is 0 Å². The molecule has 134 valence electrons. The lowest BCUT2D eigenvalue weighted by Gasteiger charge is -2.14. The van der Waals surface area contributed by atoms with Crippen LogP contribution in [0.3, 0.4) is 0 Å². The predicted octanol–water partition coefficient (Wildman–Crippen LogP) is 3.05. The van der Waals surface area contributed by atoms with Crippen molar-refractivity contribution in [3.05, 3.63) is 40.1 Å². The maximum absolute atomic E-state index is 12.0. The van der Waals surface area contributed by atoms with Crippen LogP contribution in [0.2, 0.25) is 0 Å². The fourth-order valence-corrected chi connectivity index (χ4v) is 3.01. The first-order chi connectivity index (χ1) is 12.1. The van der Waals surface area contributed by atoms with Crippen LogP contribution in [0.25, 0.3) is 0 Å². The molecule has 25 heavy (non-hydrogen) atoms. The Bertz CT molecular complexity index is 702. The summed E-state index contributed by atoms with van der Waals surface area (Å²) in [6, 6.07) is 7.14. The summed E-state index contributed by atoms with van der Waals surface area (Å²) in [6.45, 7) is 0.308. The highest BCUT2D eigenvalue weighted by Gasteiger charge is 2.14. The van der Waals surface area contributed by atoms with E-state index in [0.29, 0.717) is 28.7 Å². The number of amides is 1. The van der Waals surface area contributed by atoms with Crippen LogP contribution in [0.15, 0.2) is 29.6 Å². The number of carbonyl (C=O) groups excluding carboxylic acids is 2. The zero-order valence-corrected chi connectivity index (χ0v) is 15.3. The van der Waals surface area contributed by atoms with Gasteiger partial charge in [0, 0.05) is 19.4 Å². The van der Waals surface area contributed by atoms with Gasteiger partial charge in [-0.15, -0.1) is 11.3 Å². The molecule has 2 aromatic rings. The first-order valence-electron chi connectivity index (χ1n) is 7.71. The largest absolute Gasteiger partial charge is 0.493 e. The van der Waals surface area contributed by atoms with E-state index in [4.69, 9.17) is 14.2 Å². The molecule has 0 bridgehead atoms. The molecule has 2 rings (SSSR count). The Hall–Kier alpha value is -2.54. The second kappa shape index (κ2) is 9.08. The Morgan fingerprint density at radius 2 is 1.72 bits per heavy atom. The highest BCUT2D eigenvalue weighted by atomic mass is 32.1. The van der Waals surface area contributed by atoms with Gasteiger partial charge in [0.1, 0.15) is 0 Å². The van der Waals surface area contributed by atoms with Crippen molar-refractivity contribution < 1.29 is 23.8 Å². The van der Waals surface area contributed by atoms with Crippen molar-refractivity contribution >= 4 is 23.0 Å².